The molecule has 0 aromatic carbocycles. The molecule has 0 amide bonds. The largest absolute Gasteiger partial charge is 0.299 e. The summed E-state index contributed by atoms with van der Waals surface area (Å²) in [5.41, 5.74) is 2.90. The number of likely N-dealkylation sites (N-methyl/N-ethyl adjacent to an activating group) is 1. The van der Waals surface area contributed by atoms with Crippen molar-refractivity contribution in [1.29, 1.82) is 0 Å². The van der Waals surface area contributed by atoms with Gasteiger partial charge in [0.25, 0.3) is 0 Å². The van der Waals surface area contributed by atoms with Gasteiger partial charge in [0.15, 0.2) is 0 Å². The molecule has 0 spiro atoms. The highest BCUT2D eigenvalue weighted by atomic mass is 15.1. The number of hydrogen-bond donors (Lipinski definition) is 0. The Morgan fingerprint density at radius 3 is 2.62 bits per heavy atom. The molecule has 1 heterocycles. The molecule has 1 saturated heterocycles. The zero-order valence-electron chi connectivity index (χ0n) is 11.2. The van der Waals surface area contributed by atoms with Crippen LogP contribution < -0.4 is 0 Å². The van der Waals surface area contributed by atoms with Gasteiger partial charge in [-0.25, -0.2) is 0 Å². The van der Waals surface area contributed by atoms with Crippen LogP contribution in [0.4, 0.5) is 0 Å². The van der Waals surface area contributed by atoms with Crippen LogP contribution in [0.1, 0.15) is 40.0 Å². The Labute approximate surface area is 101 Å². The third-order valence-corrected chi connectivity index (χ3v) is 3.38. The van der Waals surface area contributed by atoms with E-state index in [-0.39, 0.29) is 0 Å². The van der Waals surface area contributed by atoms with Crippen molar-refractivity contribution in [1.82, 2.24) is 4.90 Å². The first-order valence-corrected chi connectivity index (χ1v) is 6.39. The Kier molecular flexibility index (Phi) is 5.54. The number of nitrogens with zero attached hydrogens (tertiary/aromatic N) is 1. The molecule has 1 fully saturated rings. The van der Waals surface area contributed by atoms with Crippen LogP contribution in [0.5, 0.6) is 0 Å². The smallest absolute Gasteiger partial charge is 0.0345 e. The van der Waals surface area contributed by atoms with E-state index < -0.39 is 0 Å². The molecule has 1 atom stereocenters. The summed E-state index contributed by atoms with van der Waals surface area (Å²) in [7, 11) is 2.23. The summed E-state index contributed by atoms with van der Waals surface area (Å²) in [4.78, 5) is 2.46. The second-order valence-corrected chi connectivity index (χ2v) is 4.67. The standard InChI is InChI=1S/C15H25N/c1-5-8-14(11-10-13(3)6-2)15-9-7-12-16(15)4/h5,8,10-11,15H,6-7,9,12H2,1-4H3/b8-5-,13-10+,14-11+. The number of likely N-dealkylation sites (tertiary alicyclic amines) is 1. The summed E-state index contributed by atoms with van der Waals surface area (Å²) in [6, 6.07) is 0.622. The fraction of sp³-hybridized carbons (Fsp3) is 0.600. The molecule has 0 aromatic heterocycles. The average molecular weight is 219 g/mol. The Balaban J connectivity index is 2.81. The number of hydrogen-bond acceptors (Lipinski definition) is 1. The van der Waals surface area contributed by atoms with E-state index in [0.29, 0.717) is 6.04 Å². The zero-order chi connectivity index (χ0) is 12.0. The van der Waals surface area contributed by atoms with Crippen LogP contribution >= 0.6 is 0 Å². The van der Waals surface area contributed by atoms with E-state index in [4.69, 9.17) is 0 Å². The van der Waals surface area contributed by atoms with Crippen LogP contribution in [0.2, 0.25) is 0 Å². The van der Waals surface area contributed by atoms with Gasteiger partial charge in [-0.1, -0.05) is 36.8 Å². The van der Waals surface area contributed by atoms with Crippen molar-refractivity contribution in [2.24, 2.45) is 0 Å². The highest BCUT2D eigenvalue weighted by Crippen LogP contribution is 2.23. The molecule has 0 bridgehead atoms. The van der Waals surface area contributed by atoms with Gasteiger partial charge in [-0.3, -0.25) is 4.90 Å². The Bertz CT molecular complexity index is 297. The summed E-state index contributed by atoms with van der Waals surface area (Å²) in [6.45, 7) is 7.73. The van der Waals surface area contributed by atoms with Crippen LogP contribution in [0.15, 0.2) is 35.5 Å². The molecule has 0 aromatic rings. The van der Waals surface area contributed by atoms with Gasteiger partial charge in [0.2, 0.25) is 0 Å². The third kappa shape index (κ3) is 3.64. The minimum Gasteiger partial charge on any atom is -0.299 e. The maximum absolute atomic E-state index is 2.46. The Hall–Kier alpha value is -0.820. The first-order valence-electron chi connectivity index (χ1n) is 6.39. The van der Waals surface area contributed by atoms with Crippen molar-refractivity contribution in [3.8, 4) is 0 Å². The van der Waals surface area contributed by atoms with Gasteiger partial charge in [-0.2, -0.15) is 0 Å². The van der Waals surface area contributed by atoms with Crippen LogP contribution in [-0.4, -0.2) is 24.5 Å². The lowest BCUT2D eigenvalue weighted by Crippen LogP contribution is -2.26. The van der Waals surface area contributed by atoms with Gasteiger partial charge in [-0.05, 0) is 52.3 Å². The predicted octanol–water partition coefficient (Wildman–Crippen LogP) is 3.94. The molecule has 0 radical (unpaired) electrons. The predicted molar refractivity (Wildman–Crippen MR) is 72.6 cm³/mol. The molecule has 16 heavy (non-hydrogen) atoms. The van der Waals surface area contributed by atoms with E-state index in [1.807, 2.05) is 0 Å². The second-order valence-electron chi connectivity index (χ2n) is 4.67. The number of allylic oxidation sites excluding steroid dienone is 4. The average Bonchev–Trinajstić information content (AvgIpc) is 2.70. The van der Waals surface area contributed by atoms with Gasteiger partial charge in [-0.15, -0.1) is 0 Å². The van der Waals surface area contributed by atoms with Crippen molar-refractivity contribution in [3.05, 3.63) is 35.5 Å². The molecule has 1 rings (SSSR count). The Morgan fingerprint density at radius 2 is 2.12 bits per heavy atom. The third-order valence-electron chi connectivity index (χ3n) is 3.38. The van der Waals surface area contributed by atoms with E-state index in [1.54, 1.807) is 0 Å². The van der Waals surface area contributed by atoms with Gasteiger partial charge in [0.1, 0.15) is 0 Å². The zero-order valence-corrected chi connectivity index (χ0v) is 11.2. The molecular formula is C15H25N. The quantitative estimate of drug-likeness (QED) is 0.647. The first-order chi connectivity index (χ1) is 7.69. The lowest BCUT2D eigenvalue weighted by atomic mass is 10.0. The van der Waals surface area contributed by atoms with Crippen LogP contribution in [0, 0.1) is 0 Å². The van der Waals surface area contributed by atoms with E-state index in [2.05, 4.69) is 57.0 Å². The van der Waals surface area contributed by atoms with Gasteiger partial charge >= 0.3 is 0 Å². The first kappa shape index (κ1) is 13.2. The van der Waals surface area contributed by atoms with Crippen LogP contribution in [-0.2, 0) is 0 Å². The molecule has 0 aliphatic carbocycles. The molecule has 90 valence electrons. The molecule has 0 N–H and O–H groups in total. The van der Waals surface area contributed by atoms with Crippen LogP contribution in [0.25, 0.3) is 0 Å². The normalized spacial score (nSPS) is 24.6. The maximum atomic E-state index is 2.46. The van der Waals surface area contributed by atoms with Crippen molar-refractivity contribution in [3.63, 3.8) is 0 Å². The summed E-state index contributed by atoms with van der Waals surface area (Å²) in [5.74, 6) is 0. The lowest BCUT2D eigenvalue weighted by molar-refractivity contribution is 0.349. The van der Waals surface area contributed by atoms with Crippen molar-refractivity contribution < 1.29 is 0 Å². The molecule has 0 saturated carbocycles. The van der Waals surface area contributed by atoms with Crippen molar-refractivity contribution >= 4 is 0 Å². The highest BCUT2D eigenvalue weighted by Gasteiger charge is 2.22. The molecule has 1 nitrogen and oxygen atoms in total. The van der Waals surface area contributed by atoms with E-state index in [9.17, 15) is 0 Å². The molecular weight excluding hydrogens is 194 g/mol. The molecule has 1 aliphatic heterocycles. The van der Waals surface area contributed by atoms with Crippen molar-refractivity contribution in [2.45, 2.75) is 46.1 Å². The van der Waals surface area contributed by atoms with Crippen molar-refractivity contribution in [2.75, 3.05) is 13.6 Å². The fourth-order valence-electron chi connectivity index (χ4n) is 2.16. The summed E-state index contributed by atoms with van der Waals surface area (Å²) in [6.07, 6.45) is 12.7. The van der Waals surface area contributed by atoms with Crippen LogP contribution in [0.3, 0.4) is 0 Å². The van der Waals surface area contributed by atoms with Gasteiger partial charge in [0.05, 0.1) is 0 Å². The second kappa shape index (κ2) is 6.70. The molecule has 1 heteroatoms. The van der Waals surface area contributed by atoms with E-state index in [0.717, 1.165) is 6.42 Å². The molecule has 1 aliphatic rings. The monoisotopic (exact) mass is 219 g/mol. The Morgan fingerprint density at radius 1 is 1.38 bits per heavy atom. The highest BCUT2D eigenvalue weighted by molar-refractivity contribution is 5.30. The summed E-state index contributed by atoms with van der Waals surface area (Å²) in [5, 5.41) is 0. The summed E-state index contributed by atoms with van der Waals surface area (Å²) < 4.78 is 0. The minimum atomic E-state index is 0.622. The van der Waals surface area contributed by atoms with E-state index in [1.165, 1.54) is 30.5 Å². The fourth-order valence-corrected chi connectivity index (χ4v) is 2.16. The lowest BCUT2D eigenvalue weighted by Gasteiger charge is -2.20. The SMILES string of the molecule is C\C=C/C(=C\C=C(/C)CC)C1CCCN1C. The van der Waals surface area contributed by atoms with Gasteiger partial charge in [0, 0.05) is 6.04 Å². The van der Waals surface area contributed by atoms with Gasteiger partial charge < -0.3 is 0 Å². The number of rotatable bonds is 4. The minimum absolute atomic E-state index is 0.622. The van der Waals surface area contributed by atoms with E-state index >= 15 is 0 Å². The molecule has 1 unspecified atom stereocenters. The summed E-state index contributed by atoms with van der Waals surface area (Å²) >= 11 is 0. The topological polar surface area (TPSA) is 3.24 Å². The maximum Gasteiger partial charge on any atom is 0.0345 e.